The van der Waals surface area contributed by atoms with E-state index in [1.54, 1.807) is 19.4 Å². The minimum atomic E-state index is -0.439. The first-order valence-corrected chi connectivity index (χ1v) is 9.94. The summed E-state index contributed by atoms with van der Waals surface area (Å²) >= 11 is 0. The van der Waals surface area contributed by atoms with Gasteiger partial charge in [-0.25, -0.2) is 9.97 Å². The maximum Gasteiger partial charge on any atom is 0.270 e. The molecular formula is C21H26N4O4. The zero-order valence-corrected chi connectivity index (χ0v) is 16.6. The number of carbonyl (C=O) groups is 1. The van der Waals surface area contributed by atoms with E-state index in [0.29, 0.717) is 31.4 Å². The third-order valence-corrected chi connectivity index (χ3v) is 5.33. The predicted octanol–water partition coefficient (Wildman–Crippen LogP) is 1.80. The Morgan fingerprint density at radius 1 is 1.24 bits per heavy atom. The fourth-order valence-corrected chi connectivity index (χ4v) is 3.70. The van der Waals surface area contributed by atoms with Gasteiger partial charge in [0, 0.05) is 38.7 Å². The second kappa shape index (κ2) is 8.75. The zero-order valence-electron chi connectivity index (χ0n) is 16.6. The third-order valence-electron chi connectivity index (χ3n) is 5.33. The molecule has 2 fully saturated rings. The molecule has 0 radical (unpaired) electrons. The highest BCUT2D eigenvalue weighted by Gasteiger charge is 2.40. The number of amides is 1. The Bertz CT molecular complexity index is 844. The Labute approximate surface area is 170 Å². The van der Waals surface area contributed by atoms with Crippen LogP contribution in [0.5, 0.6) is 5.75 Å². The summed E-state index contributed by atoms with van der Waals surface area (Å²) in [5.74, 6) is 0.739. The normalized spacial score (nSPS) is 18.0. The number of rotatable bonds is 6. The van der Waals surface area contributed by atoms with Gasteiger partial charge in [-0.05, 0) is 30.2 Å². The molecule has 3 heterocycles. The average molecular weight is 398 g/mol. The first-order chi connectivity index (χ1) is 14.2. The van der Waals surface area contributed by atoms with E-state index in [2.05, 4.69) is 20.2 Å². The SMILES string of the molecule is COc1cccc(CCNC(=O)c2ccnc(N3CCC4(CC3)OCCO4)n2)c1. The Kier molecular flexibility index (Phi) is 5.92. The molecule has 2 aromatic rings. The van der Waals surface area contributed by atoms with E-state index in [0.717, 1.165) is 43.7 Å². The van der Waals surface area contributed by atoms with Gasteiger partial charge in [0.1, 0.15) is 11.4 Å². The zero-order chi connectivity index (χ0) is 20.1. The van der Waals surface area contributed by atoms with Crippen LogP contribution in [-0.4, -0.2) is 61.6 Å². The molecule has 0 atom stereocenters. The van der Waals surface area contributed by atoms with Crippen molar-refractivity contribution in [1.82, 2.24) is 15.3 Å². The molecule has 0 unspecified atom stereocenters. The molecule has 0 aliphatic carbocycles. The number of benzene rings is 1. The molecule has 4 rings (SSSR count). The number of carbonyl (C=O) groups excluding carboxylic acids is 1. The summed E-state index contributed by atoms with van der Waals surface area (Å²) in [4.78, 5) is 23.4. The maximum atomic E-state index is 12.5. The Morgan fingerprint density at radius 2 is 2.03 bits per heavy atom. The molecule has 8 nitrogen and oxygen atoms in total. The molecule has 0 bridgehead atoms. The highest BCUT2D eigenvalue weighted by Crippen LogP contribution is 2.32. The smallest absolute Gasteiger partial charge is 0.270 e. The standard InChI is InChI=1S/C21H26N4O4/c1-27-17-4-2-3-16(15-17)5-9-22-19(26)18-6-10-23-20(24-18)25-11-7-21(8-12-25)28-13-14-29-21/h2-4,6,10,15H,5,7-9,11-14H2,1H3,(H,22,26). The van der Waals surface area contributed by atoms with Gasteiger partial charge in [0.25, 0.3) is 5.91 Å². The second-order valence-electron chi connectivity index (χ2n) is 7.19. The van der Waals surface area contributed by atoms with E-state index in [1.165, 1.54) is 0 Å². The molecule has 0 saturated carbocycles. The number of nitrogens with zero attached hydrogens (tertiary/aromatic N) is 3. The van der Waals surface area contributed by atoms with Crippen molar-refractivity contribution in [1.29, 1.82) is 0 Å². The number of methoxy groups -OCH3 is 1. The summed E-state index contributed by atoms with van der Waals surface area (Å²) in [7, 11) is 1.64. The van der Waals surface area contributed by atoms with E-state index in [1.807, 2.05) is 24.3 Å². The molecule has 2 saturated heterocycles. The Morgan fingerprint density at radius 3 is 2.79 bits per heavy atom. The molecule has 1 N–H and O–H groups in total. The van der Waals surface area contributed by atoms with E-state index < -0.39 is 5.79 Å². The monoisotopic (exact) mass is 398 g/mol. The first-order valence-electron chi connectivity index (χ1n) is 9.94. The highest BCUT2D eigenvalue weighted by atomic mass is 16.7. The minimum absolute atomic E-state index is 0.201. The van der Waals surface area contributed by atoms with Gasteiger partial charge < -0.3 is 24.4 Å². The van der Waals surface area contributed by atoms with Crippen LogP contribution >= 0.6 is 0 Å². The van der Waals surface area contributed by atoms with E-state index >= 15 is 0 Å². The van der Waals surface area contributed by atoms with Crippen LogP contribution in [0.3, 0.4) is 0 Å². The number of piperidine rings is 1. The fourth-order valence-electron chi connectivity index (χ4n) is 3.70. The van der Waals surface area contributed by atoms with Crippen LogP contribution in [-0.2, 0) is 15.9 Å². The van der Waals surface area contributed by atoms with Crippen molar-refractivity contribution in [3.05, 3.63) is 47.8 Å². The van der Waals surface area contributed by atoms with Gasteiger partial charge in [-0.2, -0.15) is 0 Å². The van der Waals surface area contributed by atoms with E-state index in [9.17, 15) is 4.79 Å². The van der Waals surface area contributed by atoms with Crippen molar-refractivity contribution >= 4 is 11.9 Å². The quantitative estimate of drug-likeness (QED) is 0.794. The molecule has 154 valence electrons. The van der Waals surface area contributed by atoms with Gasteiger partial charge in [0.05, 0.1) is 20.3 Å². The Hall–Kier alpha value is -2.71. The predicted molar refractivity (Wildman–Crippen MR) is 107 cm³/mol. The van der Waals surface area contributed by atoms with Crippen LogP contribution in [0.15, 0.2) is 36.5 Å². The van der Waals surface area contributed by atoms with Gasteiger partial charge in [0.15, 0.2) is 5.79 Å². The van der Waals surface area contributed by atoms with Crippen molar-refractivity contribution in [3.63, 3.8) is 0 Å². The van der Waals surface area contributed by atoms with Crippen LogP contribution in [0.1, 0.15) is 28.9 Å². The lowest BCUT2D eigenvalue weighted by Gasteiger charge is -2.37. The van der Waals surface area contributed by atoms with Crippen molar-refractivity contribution in [2.45, 2.75) is 25.0 Å². The van der Waals surface area contributed by atoms with Crippen molar-refractivity contribution < 1.29 is 19.0 Å². The van der Waals surface area contributed by atoms with Gasteiger partial charge in [-0.15, -0.1) is 0 Å². The number of anilines is 1. The third kappa shape index (κ3) is 4.65. The number of nitrogens with one attached hydrogen (secondary N) is 1. The lowest BCUT2D eigenvalue weighted by molar-refractivity contribution is -0.169. The van der Waals surface area contributed by atoms with Crippen LogP contribution < -0.4 is 15.0 Å². The second-order valence-corrected chi connectivity index (χ2v) is 7.19. The molecule has 8 heteroatoms. The van der Waals surface area contributed by atoms with Crippen molar-refractivity contribution in [3.8, 4) is 5.75 Å². The highest BCUT2D eigenvalue weighted by molar-refractivity contribution is 5.92. The first kappa shape index (κ1) is 19.6. The summed E-state index contributed by atoms with van der Waals surface area (Å²) in [6, 6.07) is 9.46. The topological polar surface area (TPSA) is 85.8 Å². The van der Waals surface area contributed by atoms with E-state index in [-0.39, 0.29) is 5.91 Å². The summed E-state index contributed by atoms with van der Waals surface area (Å²) in [6.07, 6.45) is 3.89. The number of hydrogen-bond donors (Lipinski definition) is 1. The molecule has 1 spiro atoms. The molecule has 29 heavy (non-hydrogen) atoms. The summed E-state index contributed by atoms with van der Waals surface area (Å²) < 4.78 is 16.8. The maximum absolute atomic E-state index is 12.5. The van der Waals surface area contributed by atoms with Gasteiger partial charge in [-0.3, -0.25) is 4.79 Å². The molecule has 1 aromatic carbocycles. The van der Waals surface area contributed by atoms with Crippen LogP contribution in [0.4, 0.5) is 5.95 Å². The van der Waals surface area contributed by atoms with Gasteiger partial charge >= 0.3 is 0 Å². The fraction of sp³-hybridized carbons (Fsp3) is 0.476. The summed E-state index contributed by atoms with van der Waals surface area (Å²) in [5, 5.41) is 2.93. The van der Waals surface area contributed by atoms with Gasteiger partial charge in [-0.1, -0.05) is 12.1 Å². The van der Waals surface area contributed by atoms with Crippen LogP contribution in [0.25, 0.3) is 0 Å². The molecule has 2 aliphatic heterocycles. The molecule has 1 aromatic heterocycles. The van der Waals surface area contributed by atoms with Crippen molar-refractivity contribution in [2.24, 2.45) is 0 Å². The molecular weight excluding hydrogens is 372 g/mol. The van der Waals surface area contributed by atoms with Crippen LogP contribution in [0.2, 0.25) is 0 Å². The van der Waals surface area contributed by atoms with Gasteiger partial charge in [0.2, 0.25) is 5.95 Å². The lowest BCUT2D eigenvalue weighted by atomic mass is 10.0. The largest absolute Gasteiger partial charge is 0.497 e. The summed E-state index contributed by atoms with van der Waals surface area (Å²) in [5.41, 5.74) is 1.47. The van der Waals surface area contributed by atoms with E-state index in [4.69, 9.17) is 14.2 Å². The number of ether oxygens (including phenoxy) is 3. The minimum Gasteiger partial charge on any atom is -0.497 e. The van der Waals surface area contributed by atoms with Crippen molar-refractivity contribution in [2.75, 3.05) is 44.9 Å². The number of hydrogen-bond acceptors (Lipinski definition) is 7. The Balaban J connectivity index is 1.31. The molecule has 1 amide bonds. The molecule has 2 aliphatic rings. The lowest BCUT2D eigenvalue weighted by Crippen LogP contribution is -2.45. The number of aromatic nitrogens is 2. The summed E-state index contributed by atoms with van der Waals surface area (Å²) in [6.45, 7) is 3.30. The van der Waals surface area contributed by atoms with Crippen LogP contribution in [0, 0.1) is 0 Å². The average Bonchev–Trinajstić information content (AvgIpc) is 3.22.